The Morgan fingerprint density at radius 2 is 1.97 bits per heavy atom. The second kappa shape index (κ2) is 9.17. The monoisotopic (exact) mass is 510 g/mol. The molecular weight excluding hydrogens is 484 g/mol. The number of aromatic amines is 1. The summed E-state index contributed by atoms with van der Waals surface area (Å²) in [5.41, 5.74) is 1.99. The van der Waals surface area contributed by atoms with Gasteiger partial charge in [0, 0.05) is 16.1 Å². The highest BCUT2D eigenvalue weighted by Crippen LogP contribution is 2.45. The molecule has 172 valence electrons. The normalized spacial score (nSPS) is 22.2. The Morgan fingerprint density at radius 3 is 2.82 bits per heavy atom. The fourth-order valence-electron chi connectivity index (χ4n) is 5.41. The van der Waals surface area contributed by atoms with Crippen LogP contribution in [0.3, 0.4) is 0 Å². The van der Waals surface area contributed by atoms with Gasteiger partial charge in [-0.1, -0.05) is 47.0 Å². The van der Waals surface area contributed by atoms with Gasteiger partial charge in [-0.15, -0.1) is 0 Å². The van der Waals surface area contributed by atoms with E-state index >= 15 is 0 Å². The van der Waals surface area contributed by atoms with Crippen LogP contribution in [-0.2, 0) is 9.53 Å². The first-order valence-corrected chi connectivity index (χ1v) is 12.2. The molecule has 8 heteroatoms. The van der Waals surface area contributed by atoms with Gasteiger partial charge < -0.3 is 19.9 Å². The van der Waals surface area contributed by atoms with Crippen LogP contribution in [0.1, 0.15) is 44.0 Å². The van der Waals surface area contributed by atoms with Gasteiger partial charge >= 0.3 is 6.09 Å². The smallest absolute Gasteiger partial charge is 0.407 e. The maximum absolute atomic E-state index is 13.2. The van der Waals surface area contributed by atoms with E-state index in [-0.39, 0.29) is 24.5 Å². The number of H-pyrrole nitrogens is 1. The zero-order valence-electron chi connectivity index (χ0n) is 18.5. The zero-order valence-corrected chi connectivity index (χ0v) is 20.1. The maximum atomic E-state index is 13.2. The summed E-state index contributed by atoms with van der Waals surface area (Å²) in [7, 11) is 1.30. The molecule has 1 saturated heterocycles. The van der Waals surface area contributed by atoms with E-state index in [4.69, 9.17) is 4.98 Å². The third-order valence-corrected chi connectivity index (χ3v) is 7.46. The fraction of sp³-hybridized carbons (Fsp3) is 0.400. The van der Waals surface area contributed by atoms with Gasteiger partial charge in [-0.25, -0.2) is 9.78 Å². The summed E-state index contributed by atoms with van der Waals surface area (Å²) >= 11 is 3.52. The molecule has 2 heterocycles. The number of nitrogens with one attached hydrogen (secondary N) is 2. The van der Waals surface area contributed by atoms with Crippen LogP contribution in [0.4, 0.5) is 4.79 Å². The van der Waals surface area contributed by atoms with Crippen molar-refractivity contribution in [1.29, 1.82) is 0 Å². The van der Waals surface area contributed by atoms with E-state index in [1.54, 1.807) is 0 Å². The van der Waals surface area contributed by atoms with Crippen molar-refractivity contribution in [3.63, 3.8) is 0 Å². The lowest BCUT2D eigenvalue weighted by Crippen LogP contribution is -2.45. The van der Waals surface area contributed by atoms with E-state index in [0.717, 1.165) is 52.6 Å². The zero-order chi connectivity index (χ0) is 22.9. The molecule has 0 bridgehead atoms. The number of rotatable bonds is 4. The molecule has 7 nitrogen and oxygen atoms in total. The number of imidazole rings is 1. The third kappa shape index (κ3) is 4.36. The molecule has 0 spiro atoms. The highest BCUT2D eigenvalue weighted by molar-refractivity contribution is 9.10. The van der Waals surface area contributed by atoms with Crippen LogP contribution in [-0.4, -0.2) is 46.6 Å². The van der Waals surface area contributed by atoms with E-state index < -0.39 is 6.09 Å². The van der Waals surface area contributed by atoms with Crippen molar-refractivity contribution in [3.8, 4) is 11.3 Å². The van der Waals surface area contributed by atoms with E-state index in [0.29, 0.717) is 5.92 Å². The van der Waals surface area contributed by atoms with Gasteiger partial charge in [-0.2, -0.15) is 0 Å². The summed E-state index contributed by atoms with van der Waals surface area (Å²) in [5, 5.41) is 4.87. The van der Waals surface area contributed by atoms with Gasteiger partial charge in [0.2, 0.25) is 5.91 Å². The van der Waals surface area contributed by atoms with Crippen LogP contribution >= 0.6 is 15.9 Å². The SMILES string of the molecule is COC(=O)NCC(=O)N1[C@H](c2ncc(-c3ccc4cc(Br)ccc4c3)[nH]2)C[C@@H]2CCCC[C@@H]21. The summed E-state index contributed by atoms with van der Waals surface area (Å²) < 4.78 is 5.69. The van der Waals surface area contributed by atoms with Crippen molar-refractivity contribution >= 4 is 38.7 Å². The number of alkyl carbamates (subject to hydrolysis) is 1. The number of methoxy groups -OCH3 is 1. The molecule has 1 aliphatic heterocycles. The van der Waals surface area contributed by atoms with Crippen molar-refractivity contribution in [2.45, 2.75) is 44.2 Å². The van der Waals surface area contributed by atoms with Crippen LogP contribution in [0.15, 0.2) is 47.1 Å². The molecule has 5 rings (SSSR count). The first-order chi connectivity index (χ1) is 16.0. The maximum Gasteiger partial charge on any atom is 0.407 e. The number of aromatic nitrogens is 2. The predicted octanol–water partition coefficient (Wildman–Crippen LogP) is 5.18. The average molecular weight is 511 g/mol. The number of carbonyl (C=O) groups is 2. The molecule has 0 radical (unpaired) electrons. The number of amides is 2. The molecule has 2 N–H and O–H groups in total. The van der Waals surface area contributed by atoms with Gasteiger partial charge in [0.25, 0.3) is 0 Å². The fourth-order valence-corrected chi connectivity index (χ4v) is 5.79. The van der Waals surface area contributed by atoms with Crippen molar-refractivity contribution in [2.24, 2.45) is 5.92 Å². The van der Waals surface area contributed by atoms with Gasteiger partial charge in [0.05, 0.1) is 25.0 Å². The van der Waals surface area contributed by atoms with Crippen LogP contribution in [0.25, 0.3) is 22.0 Å². The molecule has 33 heavy (non-hydrogen) atoms. The lowest BCUT2D eigenvalue weighted by molar-refractivity contribution is -0.134. The molecule has 1 aromatic heterocycles. The summed E-state index contributed by atoms with van der Waals surface area (Å²) in [6, 6.07) is 12.7. The molecule has 3 atom stereocenters. The summed E-state index contributed by atoms with van der Waals surface area (Å²) in [6.07, 6.45) is 6.61. The van der Waals surface area contributed by atoms with Gasteiger partial charge in [-0.05, 0) is 54.2 Å². The Bertz CT molecular complexity index is 1190. The largest absolute Gasteiger partial charge is 0.453 e. The van der Waals surface area contributed by atoms with Crippen LogP contribution in [0.5, 0.6) is 0 Å². The molecule has 1 saturated carbocycles. The van der Waals surface area contributed by atoms with Crippen LogP contribution in [0.2, 0.25) is 0 Å². The number of nitrogens with zero attached hydrogens (tertiary/aromatic N) is 2. The summed E-state index contributed by atoms with van der Waals surface area (Å²) in [4.78, 5) is 34.8. The van der Waals surface area contributed by atoms with Crippen molar-refractivity contribution < 1.29 is 14.3 Å². The second-order valence-electron chi connectivity index (χ2n) is 8.90. The topological polar surface area (TPSA) is 87.3 Å². The number of ether oxygens (including phenoxy) is 1. The molecule has 3 aromatic rings. The Morgan fingerprint density at radius 1 is 1.18 bits per heavy atom. The number of carbonyl (C=O) groups excluding carboxylic acids is 2. The molecule has 2 aromatic carbocycles. The van der Waals surface area contributed by atoms with Gasteiger partial charge in [-0.3, -0.25) is 4.79 Å². The second-order valence-corrected chi connectivity index (χ2v) is 9.81. The molecule has 2 fully saturated rings. The van der Waals surface area contributed by atoms with Crippen molar-refractivity contribution in [3.05, 3.63) is 52.9 Å². The highest BCUT2D eigenvalue weighted by Gasteiger charge is 2.46. The van der Waals surface area contributed by atoms with Crippen LogP contribution < -0.4 is 5.32 Å². The Hall–Kier alpha value is -2.87. The van der Waals surface area contributed by atoms with E-state index in [1.807, 2.05) is 17.2 Å². The van der Waals surface area contributed by atoms with Crippen molar-refractivity contribution in [1.82, 2.24) is 20.2 Å². The predicted molar refractivity (Wildman–Crippen MR) is 130 cm³/mol. The molecule has 1 aliphatic carbocycles. The minimum atomic E-state index is -0.595. The summed E-state index contributed by atoms with van der Waals surface area (Å²) in [6.45, 7) is -0.0693. The van der Waals surface area contributed by atoms with E-state index in [2.05, 4.69) is 61.3 Å². The molecule has 0 unspecified atom stereocenters. The number of hydrogen-bond acceptors (Lipinski definition) is 4. The lowest BCUT2D eigenvalue weighted by Gasteiger charge is -2.33. The van der Waals surface area contributed by atoms with Gasteiger partial charge in [0.15, 0.2) is 0 Å². The van der Waals surface area contributed by atoms with Crippen molar-refractivity contribution in [2.75, 3.05) is 13.7 Å². The Balaban J connectivity index is 1.42. The minimum absolute atomic E-state index is 0.0693. The number of halogens is 1. The average Bonchev–Trinajstić information content (AvgIpc) is 3.47. The molecular formula is C25H27BrN4O3. The lowest BCUT2D eigenvalue weighted by atomic mass is 9.84. The minimum Gasteiger partial charge on any atom is -0.453 e. The molecule has 2 aliphatic rings. The first-order valence-electron chi connectivity index (χ1n) is 11.4. The third-order valence-electron chi connectivity index (χ3n) is 6.97. The Kier molecular flexibility index (Phi) is 6.10. The Labute approximate surface area is 201 Å². The van der Waals surface area contributed by atoms with Gasteiger partial charge in [0.1, 0.15) is 12.4 Å². The quantitative estimate of drug-likeness (QED) is 0.506. The van der Waals surface area contributed by atoms with E-state index in [1.165, 1.54) is 18.9 Å². The number of likely N-dealkylation sites (tertiary alicyclic amines) is 1. The van der Waals surface area contributed by atoms with Crippen LogP contribution in [0, 0.1) is 5.92 Å². The van der Waals surface area contributed by atoms with E-state index in [9.17, 15) is 9.59 Å². The number of benzene rings is 2. The first kappa shape index (κ1) is 21.9. The highest BCUT2D eigenvalue weighted by atomic mass is 79.9. The number of hydrogen-bond donors (Lipinski definition) is 2. The summed E-state index contributed by atoms with van der Waals surface area (Å²) in [5.74, 6) is 1.19. The number of fused-ring (bicyclic) bond motifs is 2. The standard InChI is InChI=1S/C25H27BrN4O3/c1-33-25(32)28-14-23(31)30-21-5-3-2-4-18(21)12-22(30)24-27-13-20(29-24)17-7-6-16-11-19(26)9-8-15(16)10-17/h6-11,13,18,21-22H,2-5,12,14H2,1H3,(H,27,29)(H,28,32)/t18-,21-,22-/m0/s1. The molecule has 2 amide bonds.